The Morgan fingerprint density at radius 3 is 2.38 bits per heavy atom. The molecule has 0 amide bonds. The number of halogens is 4. The van der Waals surface area contributed by atoms with Crippen molar-refractivity contribution in [3.63, 3.8) is 0 Å². The first-order chi connectivity index (χ1) is 9.48. The Bertz CT molecular complexity index is 476. The largest absolute Gasteiger partial charge is 0.573 e. The molecule has 120 valence electrons. The van der Waals surface area contributed by atoms with Gasteiger partial charge in [0.25, 0.3) is 0 Å². The van der Waals surface area contributed by atoms with Crippen molar-refractivity contribution in [1.82, 2.24) is 0 Å². The number of ether oxygens (including phenoxy) is 2. The van der Waals surface area contributed by atoms with Crippen molar-refractivity contribution < 1.29 is 22.6 Å². The highest BCUT2D eigenvalue weighted by Crippen LogP contribution is 2.35. The summed E-state index contributed by atoms with van der Waals surface area (Å²) in [6.45, 7) is 5.93. The summed E-state index contributed by atoms with van der Waals surface area (Å²) in [4.78, 5) is 0. The molecule has 21 heavy (non-hydrogen) atoms. The van der Waals surface area contributed by atoms with Gasteiger partial charge in [-0.25, -0.2) is 0 Å². The van der Waals surface area contributed by atoms with Gasteiger partial charge in [-0.1, -0.05) is 29.8 Å². The fourth-order valence-electron chi connectivity index (χ4n) is 2.04. The molecular weight excluding hydrogens is 351 g/mol. The molecule has 0 bridgehead atoms. The van der Waals surface area contributed by atoms with Crippen LogP contribution in [0.25, 0.3) is 0 Å². The lowest BCUT2D eigenvalue weighted by molar-refractivity contribution is -0.275. The van der Waals surface area contributed by atoms with E-state index in [1.807, 2.05) is 13.8 Å². The average Bonchev–Trinajstić information content (AvgIpc) is 2.23. The molecule has 0 radical (unpaired) electrons. The molecule has 0 aromatic heterocycles. The number of rotatable bonds is 6. The molecule has 0 heterocycles. The molecular formula is C14H19BrF3NO2. The summed E-state index contributed by atoms with van der Waals surface area (Å²) in [6.07, 6.45) is -4.08. The van der Waals surface area contributed by atoms with Crippen LogP contribution in [0.4, 0.5) is 13.2 Å². The van der Waals surface area contributed by atoms with Crippen LogP contribution < -0.4 is 15.2 Å². The van der Waals surface area contributed by atoms with Crippen LogP contribution in [0.2, 0.25) is 0 Å². The van der Waals surface area contributed by atoms with E-state index >= 15 is 0 Å². The maximum atomic E-state index is 12.4. The maximum Gasteiger partial charge on any atom is 0.573 e. The number of nitrogens with two attached hydrogens (primary N) is 1. The lowest BCUT2D eigenvalue weighted by Gasteiger charge is -2.27. The first-order valence-electron chi connectivity index (χ1n) is 6.45. The van der Waals surface area contributed by atoms with Gasteiger partial charge >= 0.3 is 6.36 Å². The third-order valence-corrected chi connectivity index (χ3v) is 3.06. The molecule has 0 saturated carbocycles. The molecule has 0 aliphatic rings. The van der Waals surface area contributed by atoms with Crippen LogP contribution in [0, 0.1) is 5.92 Å². The van der Waals surface area contributed by atoms with Gasteiger partial charge in [0.15, 0.2) is 11.5 Å². The van der Waals surface area contributed by atoms with Gasteiger partial charge in [-0.15, -0.1) is 13.2 Å². The molecule has 7 heteroatoms. The van der Waals surface area contributed by atoms with Gasteiger partial charge < -0.3 is 15.2 Å². The van der Waals surface area contributed by atoms with E-state index in [0.29, 0.717) is 16.8 Å². The zero-order valence-corrected chi connectivity index (χ0v) is 13.7. The Morgan fingerprint density at radius 2 is 1.86 bits per heavy atom. The second-order valence-corrected chi connectivity index (χ2v) is 6.60. The molecule has 0 saturated heterocycles. The number of hydrogen-bond donors (Lipinski definition) is 1. The molecule has 1 rings (SSSR count). The third-order valence-electron chi connectivity index (χ3n) is 2.56. The molecule has 0 aliphatic carbocycles. The molecule has 1 aromatic carbocycles. The van der Waals surface area contributed by atoms with Crippen LogP contribution in [-0.2, 0) is 0 Å². The van der Waals surface area contributed by atoms with Crippen LogP contribution in [0.1, 0.15) is 27.2 Å². The molecule has 1 atom stereocenters. The van der Waals surface area contributed by atoms with Gasteiger partial charge in [0, 0.05) is 10.0 Å². The molecule has 0 aliphatic heterocycles. The van der Waals surface area contributed by atoms with Gasteiger partial charge in [-0.05, 0) is 37.5 Å². The lowest BCUT2D eigenvalue weighted by Crippen LogP contribution is -2.43. The Balaban J connectivity index is 2.83. The van der Waals surface area contributed by atoms with E-state index < -0.39 is 17.7 Å². The van der Waals surface area contributed by atoms with E-state index in [1.54, 1.807) is 13.0 Å². The highest BCUT2D eigenvalue weighted by molar-refractivity contribution is 9.10. The molecule has 1 aromatic rings. The Morgan fingerprint density at radius 1 is 1.24 bits per heavy atom. The van der Waals surface area contributed by atoms with Crippen molar-refractivity contribution in [2.45, 2.75) is 39.1 Å². The van der Waals surface area contributed by atoms with Crippen molar-refractivity contribution in [2.24, 2.45) is 11.7 Å². The van der Waals surface area contributed by atoms with E-state index in [-0.39, 0.29) is 12.4 Å². The van der Waals surface area contributed by atoms with Crippen LogP contribution in [0.3, 0.4) is 0 Å². The van der Waals surface area contributed by atoms with E-state index in [1.165, 1.54) is 12.1 Å². The summed E-state index contributed by atoms with van der Waals surface area (Å²) < 4.78 is 47.0. The van der Waals surface area contributed by atoms with Crippen molar-refractivity contribution in [2.75, 3.05) is 6.61 Å². The van der Waals surface area contributed by atoms with Crippen LogP contribution in [0.5, 0.6) is 11.5 Å². The maximum absolute atomic E-state index is 12.4. The average molecular weight is 370 g/mol. The zero-order chi connectivity index (χ0) is 16.3. The second-order valence-electron chi connectivity index (χ2n) is 5.68. The SMILES string of the molecule is CC(C)C[C@](C)(N)COc1ccc(Br)cc1OC(F)(F)F. The van der Waals surface area contributed by atoms with Crippen molar-refractivity contribution in [3.8, 4) is 11.5 Å². The van der Waals surface area contributed by atoms with Crippen LogP contribution in [-0.4, -0.2) is 18.5 Å². The normalized spacial score (nSPS) is 14.9. The molecule has 2 N–H and O–H groups in total. The van der Waals surface area contributed by atoms with Gasteiger partial charge in [-0.2, -0.15) is 0 Å². The number of alkyl halides is 3. The summed E-state index contributed by atoms with van der Waals surface area (Å²) in [7, 11) is 0. The minimum atomic E-state index is -4.77. The summed E-state index contributed by atoms with van der Waals surface area (Å²) in [5.41, 5.74) is 5.45. The molecule has 0 spiro atoms. The standard InChI is InChI=1S/C14H19BrF3NO2/c1-9(2)7-13(3,19)8-20-11-5-4-10(15)6-12(11)21-14(16,17)18/h4-6,9H,7-8,19H2,1-3H3/t13-/m0/s1. The lowest BCUT2D eigenvalue weighted by atomic mass is 9.93. The first-order valence-corrected chi connectivity index (χ1v) is 7.25. The molecule has 0 unspecified atom stereocenters. The van der Waals surface area contributed by atoms with Crippen molar-refractivity contribution >= 4 is 15.9 Å². The third kappa shape index (κ3) is 7.04. The van der Waals surface area contributed by atoms with Crippen molar-refractivity contribution in [3.05, 3.63) is 22.7 Å². The molecule has 0 fully saturated rings. The minimum absolute atomic E-state index is 0.0101. The highest BCUT2D eigenvalue weighted by atomic mass is 79.9. The zero-order valence-electron chi connectivity index (χ0n) is 12.1. The van der Waals surface area contributed by atoms with Crippen LogP contribution in [0.15, 0.2) is 22.7 Å². The van der Waals surface area contributed by atoms with Gasteiger partial charge in [0.2, 0.25) is 0 Å². The van der Waals surface area contributed by atoms with E-state index in [9.17, 15) is 13.2 Å². The van der Waals surface area contributed by atoms with E-state index in [4.69, 9.17) is 10.5 Å². The summed E-state index contributed by atoms with van der Waals surface area (Å²) >= 11 is 3.10. The van der Waals surface area contributed by atoms with E-state index in [2.05, 4.69) is 20.7 Å². The monoisotopic (exact) mass is 369 g/mol. The predicted octanol–water partition coefficient (Wildman–Crippen LogP) is 4.49. The fourth-order valence-corrected chi connectivity index (χ4v) is 2.38. The topological polar surface area (TPSA) is 44.5 Å². The smallest absolute Gasteiger partial charge is 0.488 e. The number of benzene rings is 1. The number of hydrogen-bond acceptors (Lipinski definition) is 3. The van der Waals surface area contributed by atoms with Gasteiger partial charge in [0.1, 0.15) is 6.61 Å². The van der Waals surface area contributed by atoms with Gasteiger partial charge in [0.05, 0.1) is 0 Å². The fraction of sp³-hybridized carbons (Fsp3) is 0.571. The van der Waals surface area contributed by atoms with Crippen LogP contribution >= 0.6 is 15.9 Å². The van der Waals surface area contributed by atoms with E-state index in [0.717, 1.165) is 0 Å². The Labute approximate surface area is 130 Å². The van der Waals surface area contributed by atoms with Crippen molar-refractivity contribution in [1.29, 1.82) is 0 Å². The summed E-state index contributed by atoms with van der Waals surface area (Å²) in [5, 5.41) is 0. The van der Waals surface area contributed by atoms with Gasteiger partial charge in [-0.3, -0.25) is 0 Å². The molecule has 3 nitrogen and oxygen atoms in total. The quantitative estimate of drug-likeness (QED) is 0.803. The summed E-state index contributed by atoms with van der Waals surface area (Å²) in [6, 6.07) is 4.20. The highest BCUT2D eigenvalue weighted by Gasteiger charge is 2.33. The summed E-state index contributed by atoms with van der Waals surface area (Å²) in [5.74, 6) is -0.0207. The Hall–Kier alpha value is -0.950. The first kappa shape index (κ1) is 18.1. The Kier molecular flexibility index (Phi) is 5.92. The minimum Gasteiger partial charge on any atom is -0.488 e. The predicted molar refractivity (Wildman–Crippen MR) is 78.4 cm³/mol. The second kappa shape index (κ2) is 6.87.